The molecule has 1 N–H and O–H groups in total. The van der Waals surface area contributed by atoms with Gasteiger partial charge in [0.25, 0.3) is 0 Å². The van der Waals surface area contributed by atoms with Crippen molar-refractivity contribution in [1.82, 2.24) is 4.90 Å². The van der Waals surface area contributed by atoms with Crippen molar-refractivity contribution in [3.05, 3.63) is 59.2 Å². The summed E-state index contributed by atoms with van der Waals surface area (Å²) in [4.78, 5) is 17.0. The van der Waals surface area contributed by atoms with Crippen molar-refractivity contribution < 1.29 is 13.2 Å². The fourth-order valence-electron chi connectivity index (χ4n) is 4.13. The molecule has 0 radical (unpaired) electrons. The van der Waals surface area contributed by atoms with Gasteiger partial charge in [-0.1, -0.05) is 30.3 Å². The monoisotopic (exact) mass is 399 g/mol. The summed E-state index contributed by atoms with van der Waals surface area (Å²) in [5, 5.41) is 0. The number of sulfonamides is 1. The topological polar surface area (TPSA) is 69.7 Å². The molecule has 28 heavy (non-hydrogen) atoms. The van der Waals surface area contributed by atoms with Gasteiger partial charge in [0.15, 0.2) is 0 Å². The van der Waals surface area contributed by atoms with E-state index in [-0.39, 0.29) is 5.91 Å². The van der Waals surface area contributed by atoms with Gasteiger partial charge in [0.05, 0.1) is 18.5 Å². The predicted molar refractivity (Wildman–Crippen MR) is 111 cm³/mol. The molecule has 0 saturated carbocycles. The van der Waals surface area contributed by atoms with Gasteiger partial charge in [0, 0.05) is 25.3 Å². The molecule has 2 aliphatic heterocycles. The van der Waals surface area contributed by atoms with Crippen molar-refractivity contribution in [3.63, 3.8) is 0 Å². The standard InChI is InChI=1S/C21H25N3O3S/c1-28(26,27)22-19-9-4-10-20-18(19)8-5-12-23(20)15-21(25)24-13-11-16-6-2-3-7-17(16)14-24/h2-4,6-7,9-10,22H,5,8,11-15H2,1H3. The molecule has 0 unspecified atom stereocenters. The molecule has 6 nitrogen and oxygen atoms in total. The average Bonchev–Trinajstić information content (AvgIpc) is 2.67. The third-order valence-corrected chi connectivity index (χ3v) is 6.04. The van der Waals surface area contributed by atoms with Gasteiger partial charge < -0.3 is 9.80 Å². The van der Waals surface area contributed by atoms with Crippen molar-refractivity contribution in [2.45, 2.75) is 25.8 Å². The lowest BCUT2D eigenvalue weighted by molar-refractivity contribution is -0.130. The van der Waals surface area contributed by atoms with Crippen molar-refractivity contribution in [2.24, 2.45) is 0 Å². The van der Waals surface area contributed by atoms with E-state index in [0.29, 0.717) is 18.8 Å². The Kier molecular flexibility index (Phi) is 5.02. The summed E-state index contributed by atoms with van der Waals surface area (Å²) in [6.07, 6.45) is 3.74. The lowest BCUT2D eigenvalue weighted by Crippen LogP contribution is -2.44. The number of nitrogens with one attached hydrogen (secondary N) is 1. The van der Waals surface area contributed by atoms with E-state index < -0.39 is 10.0 Å². The number of carbonyl (C=O) groups is 1. The minimum absolute atomic E-state index is 0.115. The summed E-state index contributed by atoms with van der Waals surface area (Å²) in [5.74, 6) is 0.115. The Morgan fingerprint density at radius 3 is 2.61 bits per heavy atom. The van der Waals surface area contributed by atoms with Gasteiger partial charge in [0.2, 0.25) is 15.9 Å². The van der Waals surface area contributed by atoms with E-state index in [1.807, 2.05) is 29.2 Å². The van der Waals surface area contributed by atoms with Gasteiger partial charge in [-0.05, 0) is 48.1 Å². The summed E-state index contributed by atoms with van der Waals surface area (Å²) < 4.78 is 25.9. The van der Waals surface area contributed by atoms with Crippen LogP contribution in [0.4, 0.5) is 11.4 Å². The fourth-order valence-corrected chi connectivity index (χ4v) is 4.72. The highest BCUT2D eigenvalue weighted by Gasteiger charge is 2.26. The molecule has 7 heteroatoms. The van der Waals surface area contributed by atoms with Crippen LogP contribution >= 0.6 is 0 Å². The zero-order chi connectivity index (χ0) is 19.7. The Hall–Kier alpha value is -2.54. The minimum atomic E-state index is -3.34. The lowest BCUT2D eigenvalue weighted by Gasteiger charge is -2.35. The average molecular weight is 400 g/mol. The molecule has 0 atom stereocenters. The third kappa shape index (κ3) is 3.99. The van der Waals surface area contributed by atoms with Crippen LogP contribution < -0.4 is 9.62 Å². The van der Waals surface area contributed by atoms with Gasteiger partial charge in [-0.2, -0.15) is 0 Å². The normalized spacial score (nSPS) is 16.3. The summed E-state index contributed by atoms with van der Waals surface area (Å²) in [6.45, 7) is 2.51. The van der Waals surface area contributed by atoms with Gasteiger partial charge in [0.1, 0.15) is 0 Å². The van der Waals surface area contributed by atoms with Crippen LogP contribution in [0.1, 0.15) is 23.1 Å². The summed E-state index contributed by atoms with van der Waals surface area (Å²) in [7, 11) is -3.34. The first-order chi connectivity index (χ1) is 13.4. The maximum Gasteiger partial charge on any atom is 0.242 e. The maximum absolute atomic E-state index is 13.0. The molecule has 0 spiro atoms. The van der Waals surface area contributed by atoms with Crippen LogP contribution in [-0.2, 0) is 34.2 Å². The molecule has 0 aliphatic carbocycles. The molecule has 0 fully saturated rings. The van der Waals surface area contributed by atoms with Crippen LogP contribution in [0.3, 0.4) is 0 Å². The van der Waals surface area contributed by atoms with Crippen LogP contribution in [0.5, 0.6) is 0 Å². The molecule has 0 saturated heterocycles. The van der Waals surface area contributed by atoms with E-state index in [1.165, 1.54) is 11.1 Å². The molecular weight excluding hydrogens is 374 g/mol. The Labute approximate surface area is 166 Å². The number of hydrogen-bond donors (Lipinski definition) is 1. The molecule has 0 aromatic heterocycles. The summed E-state index contributed by atoms with van der Waals surface area (Å²) >= 11 is 0. The van der Waals surface area contributed by atoms with Crippen molar-refractivity contribution in [2.75, 3.05) is 35.5 Å². The molecule has 2 aromatic carbocycles. The van der Waals surface area contributed by atoms with Crippen LogP contribution in [-0.4, -0.2) is 45.1 Å². The zero-order valence-electron chi connectivity index (χ0n) is 16.0. The molecular formula is C21H25N3O3S. The molecule has 1 amide bonds. The number of nitrogens with zero attached hydrogens (tertiary/aromatic N) is 2. The number of rotatable bonds is 4. The van der Waals surface area contributed by atoms with Crippen molar-refractivity contribution in [3.8, 4) is 0 Å². The van der Waals surface area contributed by atoms with E-state index in [2.05, 4.69) is 21.8 Å². The fraction of sp³-hybridized carbons (Fsp3) is 0.381. The summed E-state index contributed by atoms with van der Waals surface area (Å²) in [6, 6.07) is 13.9. The second kappa shape index (κ2) is 7.47. The molecule has 2 aromatic rings. The first-order valence-corrected chi connectivity index (χ1v) is 11.5. The number of hydrogen-bond acceptors (Lipinski definition) is 4. The number of carbonyl (C=O) groups excluding carboxylic acids is 1. The maximum atomic E-state index is 13.0. The third-order valence-electron chi connectivity index (χ3n) is 5.45. The highest BCUT2D eigenvalue weighted by atomic mass is 32.2. The van der Waals surface area contributed by atoms with Gasteiger partial charge >= 0.3 is 0 Å². The largest absolute Gasteiger partial charge is 0.362 e. The van der Waals surface area contributed by atoms with E-state index in [0.717, 1.165) is 49.9 Å². The first kappa shape index (κ1) is 18.8. The highest BCUT2D eigenvalue weighted by Crippen LogP contribution is 2.33. The van der Waals surface area contributed by atoms with Crippen molar-refractivity contribution in [1.29, 1.82) is 0 Å². The number of benzene rings is 2. The molecule has 148 valence electrons. The number of amides is 1. The Morgan fingerprint density at radius 2 is 1.82 bits per heavy atom. The highest BCUT2D eigenvalue weighted by molar-refractivity contribution is 7.92. The van der Waals surface area contributed by atoms with Gasteiger partial charge in [-0.25, -0.2) is 8.42 Å². The zero-order valence-corrected chi connectivity index (χ0v) is 16.8. The van der Waals surface area contributed by atoms with Gasteiger partial charge in [-0.3, -0.25) is 9.52 Å². The smallest absolute Gasteiger partial charge is 0.242 e. The molecule has 4 rings (SSSR count). The SMILES string of the molecule is CS(=O)(=O)Nc1cccc2c1CCCN2CC(=O)N1CCc2ccccc2C1. The Bertz CT molecular complexity index is 1000. The second-order valence-corrected chi connectivity index (χ2v) is 9.29. The molecule has 0 bridgehead atoms. The quantitative estimate of drug-likeness (QED) is 0.857. The first-order valence-electron chi connectivity index (χ1n) is 9.60. The summed E-state index contributed by atoms with van der Waals surface area (Å²) in [5.41, 5.74) is 5.08. The number of fused-ring (bicyclic) bond motifs is 2. The van der Waals surface area contributed by atoms with Gasteiger partial charge in [-0.15, -0.1) is 0 Å². The van der Waals surface area contributed by atoms with Crippen LogP contribution in [0.25, 0.3) is 0 Å². The Balaban J connectivity index is 1.51. The van der Waals surface area contributed by atoms with Crippen LogP contribution in [0.15, 0.2) is 42.5 Å². The van der Waals surface area contributed by atoms with E-state index in [1.54, 1.807) is 6.07 Å². The molecule has 2 aliphatic rings. The lowest BCUT2D eigenvalue weighted by atomic mass is 9.99. The second-order valence-electron chi connectivity index (χ2n) is 7.54. The number of anilines is 2. The Morgan fingerprint density at radius 1 is 1.04 bits per heavy atom. The van der Waals surface area contributed by atoms with Crippen LogP contribution in [0, 0.1) is 0 Å². The van der Waals surface area contributed by atoms with Crippen LogP contribution in [0.2, 0.25) is 0 Å². The van der Waals surface area contributed by atoms with E-state index in [9.17, 15) is 13.2 Å². The molecule has 2 heterocycles. The van der Waals surface area contributed by atoms with E-state index >= 15 is 0 Å². The predicted octanol–water partition coefficient (Wildman–Crippen LogP) is 2.40. The van der Waals surface area contributed by atoms with Crippen molar-refractivity contribution >= 4 is 27.3 Å². The van der Waals surface area contributed by atoms with E-state index in [4.69, 9.17) is 0 Å². The minimum Gasteiger partial charge on any atom is -0.362 e.